The van der Waals surface area contributed by atoms with E-state index in [1.807, 2.05) is 37.4 Å². The minimum Gasteiger partial charge on any atom is -0.468 e. The van der Waals surface area contributed by atoms with Crippen molar-refractivity contribution in [3.63, 3.8) is 0 Å². The predicted octanol–water partition coefficient (Wildman–Crippen LogP) is 3.76. The Balaban J connectivity index is 2.14. The van der Waals surface area contributed by atoms with Gasteiger partial charge in [0.15, 0.2) is 5.78 Å². The van der Waals surface area contributed by atoms with E-state index in [9.17, 15) is 9.59 Å². The average molecular weight is 343 g/mol. The summed E-state index contributed by atoms with van der Waals surface area (Å²) in [6, 6.07) is 8.08. The van der Waals surface area contributed by atoms with E-state index in [-0.39, 0.29) is 17.7 Å². The van der Waals surface area contributed by atoms with Crippen LogP contribution in [0.4, 0.5) is 0 Å². The van der Waals surface area contributed by atoms with Crippen molar-refractivity contribution in [2.24, 2.45) is 10.9 Å². The second kappa shape index (κ2) is 6.93. The predicted molar refractivity (Wildman–Crippen MR) is 95.5 cm³/mol. The zero-order valence-corrected chi connectivity index (χ0v) is 15.0. The summed E-state index contributed by atoms with van der Waals surface area (Å²) in [5, 5.41) is 0. The molecule has 1 aliphatic heterocycles. The molecule has 1 aromatic carbocycles. The van der Waals surface area contributed by atoms with E-state index in [0.29, 0.717) is 12.0 Å². The third kappa shape index (κ3) is 2.93. The molecule has 0 spiro atoms. The quantitative estimate of drug-likeness (QED) is 0.619. The number of allylic oxidation sites excluding steroid dienone is 2. The number of aliphatic imine (C=N–C) groups is 1. The van der Waals surface area contributed by atoms with Crippen molar-refractivity contribution in [2.75, 3.05) is 13.4 Å². The Morgan fingerprint density at radius 2 is 1.96 bits per heavy atom. The van der Waals surface area contributed by atoms with Gasteiger partial charge in [0.05, 0.1) is 7.11 Å². The normalized spacial score (nSPS) is 23.6. The highest BCUT2D eigenvalue weighted by molar-refractivity contribution is 7.98. The molecule has 0 bridgehead atoms. The van der Waals surface area contributed by atoms with Gasteiger partial charge in [0.25, 0.3) is 0 Å². The topological polar surface area (TPSA) is 55.7 Å². The number of benzene rings is 1. The molecule has 0 saturated carbocycles. The molecule has 1 heterocycles. The first-order valence-corrected chi connectivity index (χ1v) is 9.32. The summed E-state index contributed by atoms with van der Waals surface area (Å²) in [7, 11) is 1.39. The number of thioether (sulfide) groups is 1. The molecule has 24 heavy (non-hydrogen) atoms. The van der Waals surface area contributed by atoms with Crippen LogP contribution in [-0.2, 0) is 14.3 Å². The standard InChI is InChI=1S/C19H21NO3S/c1-11-16(19(22)23-2)17(12-7-9-13(24-3)10-8-12)18-14(20-11)5-4-6-15(18)21/h7-10,16-17H,4-6H2,1-3H3/t16?,17-/m1/s1. The van der Waals surface area contributed by atoms with Crippen LogP contribution in [0.3, 0.4) is 0 Å². The maximum atomic E-state index is 12.6. The van der Waals surface area contributed by atoms with Gasteiger partial charge in [-0.3, -0.25) is 14.6 Å². The molecule has 1 unspecified atom stereocenters. The van der Waals surface area contributed by atoms with Crippen molar-refractivity contribution >= 4 is 29.2 Å². The van der Waals surface area contributed by atoms with Crippen LogP contribution < -0.4 is 0 Å². The minimum absolute atomic E-state index is 0.111. The molecule has 2 aliphatic rings. The monoisotopic (exact) mass is 343 g/mol. The number of ether oxygens (including phenoxy) is 1. The van der Waals surface area contributed by atoms with Crippen molar-refractivity contribution in [3.05, 3.63) is 41.1 Å². The van der Waals surface area contributed by atoms with Gasteiger partial charge < -0.3 is 4.74 Å². The van der Waals surface area contributed by atoms with Crippen LogP contribution in [0, 0.1) is 5.92 Å². The Bertz CT molecular complexity index is 733. The Kier molecular flexibility index (Phi) is 4.90. The van der Waals surface area contributed by atoms with Crippen molar-refractivity contribution in [1.82, 2.24) is 0 Å². The number of hydrogen-bond donors (Lipinski definition) is 0. The molecule has 126 valence electrons. The Morgan fingerprint density at radius 1 is 1.25 bits per heavy atom. The van der Waals surface area contributed by atoms with Crippen LogP contribution in [0.15, 0.2) is 45.4 Å². The second-order valence-corrected chi connectivity index (χ2v) is 7.02. The number of carbonyl (C=O) groups is 2. The molecule has 5 heteroatoms. The first kappa shape index (κ1) is 17.0. The SMILES string of the molecule is COC(=O)C1C(C)=NC2=C(C(=O)CCC2)[C@@H]1c1ccc(SC)cc1. The molecular formula is C19H21NO3S. The van der Waals surface area contributed by atoms with E-state index < -0.39 is 5.92 Å². The number of Topliss-reactive ketones (excluding diaryl/α,β-unsaturated/α-hetero) is 1. The number of nitrogens with zero attached hydrogens (tertiary/aromatic N) is 1. The van der Waals surface area contributed by atoms with E-state index in [1.165, 1.54) is 7.11 Å². The lowest BCUT2D eigenvalue weighted by atomic mass is 9.72. The molecular weight excluding hydrogens is 322 g/mol. The molecule has 0 fully saturated rings. The molecule has 3 rings (SSSR count). The first-order valence-electron chi connectivity index (χ1n) is 8.10. The maximum absolute atomic E-state index is 12.6. The van der Waals surface area contributed by atoms with Gasteiger partial charge in [0, 0.05) is 34.2 Å². The number of esters is 1. The molecule has 0 N–H and O–H groups in total. The van der Waals surface area contributed by atoms with Crippen LogP contribution in [0.2, 0.25) is 0 Å². The molecule has 0 radical (unpaired) electrons. The summed E-state index contributed by atoms with van der Waals surface area (Å²) in [6.07, 6.45) is 4.18. The van der Waals surface area contributed by atoms with E-state index in [4.69, 9.17) is 4.74 Å². The Morgan fingerprint density at radius 3 is 2.58 bits per heavy atom. The number of rotatable bonds is 3. The van der Waals surface area contributed by atoms with E-state index in [2.05, 4.69) is 4.99 Å². The zero-order valence-electron chi connectivity index (χ0n) is 14.2. The second-order valence-electron chi connectivity index (χ2n) is 6.14. The van der Waals surface area contributed by atoms with Gasteiger partial charge in [-0.05, 0) is 43.7 Å². The van der Waals surface area contributed by atoms with Crippen LogP contribution in [0.1, 0.15) is 37.7 Å². The third-order valence-corrected chi connectivity index (χ3v) is 5.51. The first-order chi connectivity index (χ1) is 11.6. The van der Waals surface area contributed by atoms with Gasteiger partial charge in [0.2, 0.25) is 0 Å². The van der Waals surface area contributed by atoms with Crippen LogP contribution in [0.5, 0.6) is 0 Å². The highest BCUT2D eigenvalue weighted by Crippen LogP contribution is 2.43. The largest absolute Gasteiger partial charge is 0.468 e. The summed E-state index contributed by atoms with van der Waals surface area (Å²) < 4.78 is 5.01. The van der Waals surface area contributed by atoms with Gasteiger partial charge in [0.1, 0.15) is 5.92 Å². The molecule has 1 aliphatic carbocycles. The highest BCUT2D eigenvalue weighted by Gasteiger charge is 2.42. The summed E-state index contributed by atoms with van der Waals surface area (Å²) in [4.78, 5) is 30.8. The van der Waals surface area contributed by atoms with Gasteiger partial charge in [-0.15, -0.1) is 11.8 Å². The van der Waals surface area contributed by atoms with Crippen molar-refractivity contribution in [1.29, 1.82) is 0 Å². The molecule has 0 saturated heterocycles. The Hall–Kier alpha value is -1.88. The molecule has 0 aromatic heterocycles. The summed E-state index contributed by atoms with van der Waals surface area (Å²) >= 11 is 1.67. The van der Waals surface area contributed by atoms with Crippen LogP contribution >= 0.6 is 11.8 Å². The van der Waals surface area contributed by atoms with Crippen LogP contribution in [-0.4, -0.2) is 30.8 Å². The van der Waals surface area contributed by atoms with Gasteiger partial charge in [-0.1, -0.05) is 12.1 Å². The Labute approximate surface area is 146 Å². The lowest BCUT2D eigenvalue weighted by Crippen LogP contribution is -2.36. The number of methoxy groups -OCH3 is 1. The fourth-order valence-electron chi connectivity index (χ4n) is 3.61. The fourth-order valence-corrected chi connectivity index (χ4v) is 4.02. The summed E-state index contributed by atoms with van der Waals surface area (Å²) in [6.45, 7) is 1.85. The van der Waals surface area contributed by atoms with Crippen molar-refractivity contribution in [2.45, 2.75) is 37.0 Å². The highest BCUT2D eigenvalue weighted by atomic mass is 32.2. The third-order valence-electron chi connectivity index (χ3n) is 4.76. The van der Waals surface area contributed by atoms with E-state index >= 15 is 0 Å². The lowest BCUT2D eigenvalue weighted by Gasteiger charge is -2.34. The minimum atomic E-state index is -0.532. The summed E-state index contributed by atoms with van der Waals surface area (Å²) in [5.74, 6) is -1.05. The van der Waals surface area contributed by atoms with E-state index in [1.54, 1.807) is 11.8 Å². The van der Waals surface area contributed by atoms with Gasteiger partial charge in [-0.2, -0.15) is 0 Å². The zero-order chi connectivity index (χ0) is 17.3. The molecule has 2 atom stereocenters. The fraction of sp³-hybridized carbons (Fsp3) is 0.421. The smallest absolute Gasteiger partial charge is 0.315 e. The maximum Gasteiger partial charge on any atom is 0.315 e. The number of ketones is 1. The van der Waals surface area contributed by atoms with Crippen molar-refractivity contribution < 1.29 is 14.3 Å². The molecule has 0 amide bonds. The van der Waals surface area contributed by atoms with Gasteiger partial charge in [-0.25, -0.2) is 0 Å². The van der Waals surface area contributed by atoms with Gasteiger partial charge >= 0.3 is 5.97 Å². The number of carbonyl (C=O) groups excluding carboxylic acids is 2. The van der Waals surface area contributed by atoms with E-state index in [0.717, 1.165) is 34.7 Å². The molecule has 4 nitrogen and oxygen atoms in total. The average Bonchev–Trinajstić information content (AvgIpc) is 2.60. The summed E-state index contributed by atoms with van der Waals surface area (Å²) in [5.41, 5.74) is 3.26. The van der Waals surface area contributed by atoms with Crippen molar-refractivity contribution in [3.8, 4) is 0 Å². The number of hydrogen-bond acceptors (Lipinski definition) is 5. The lowest BCUT2D eigenvalue weighted by molar-refractivity contribution is -0.143. The van der Waals surface area contributed by atoms with Crippen LogP contribution in [0.25, 0.3) is 0 Å². The molecule has 1 aromatic rings.